The molecule has 1 aromatic carbocycles. The van der Waals surface area contributed by atoms with Gasteiger partial charge in [-0.2, -0.15) is 0 Å². The first-order valence-corrected chi connectivity index (χ1v) is 4.67. The minimum absolute atomic E-state index is 0.276. The molecular formula is C12H13FO. The molecule has 1 rings (SSSR count). The zero-order valence-corrected chi connectivity index (χ0v) is 8.22. The summed E-state index contributed by atoms with van der Waals surface area (Å²) in [6, 6.07) is 6.12. The highest BCUT2D eigenvalue weighted by molar-refractivity contribution is 5.22. The molecule has 1 nitrogen and oxygen atoms in total. The topological polar surface area (TPSA) is 9.23 Å². The van der Waals surface area contributed by atoms with E-state index in [1.54, 1.807) is 12.1 Å². The molecule has 14 heavy (non-hydrogen) atoms. The van der Waals surface area contributed by atoms with Crippen molar-refractivity contribution in [1.82, 2.24) is 0 Å². The molecule has 0 saturated heterocycles. The molecule has 0 saturated carbocycles. The Labute approximate surface area is 83.9 Å². The Morgan fingerprint density at radius 2 is 2.21 bits per heavy atom. The van der Waals surface area contributed by atoms with E-state index < -0.39 is 0 Å². The van der Waals surface area contributed by atoms with Crippen LogP contribution in [0.5, 0.6) is 5.75 Å². The Bertz CT molecular complexity index is 336. The van der Waals surface area contributed by atoms with Crippen LogP contribution < -0.4 is 4.74 Å². The third-order valence-corrected chi connectivity index (χ3v) is 1.59. The van der Waals surface area contributed by atoms with Gasteiger partial charge in [0.2, 0.25) is 0 Å². The zero-order chi connectivity index (χ0) is 10.2. The second-order valence-electron chi connectivity index (χ2n) is 2.76. The van der Waals surface area contributed by atoms with Gasteiger partial charge in [-0.15, -0.1) is 5.92 Å². The van der Waals surface area contributed by atoms with E-state index in [0.717, 1.165) is 6.42 Å². The predicted octanol–water partition coefficient (Wildman–Crippen LogP) is 3.01. The van der Waals surface area contributed by atoms with Gasteiger partial charge in [-0.3, -0.25) is 0 Å². The molecule has 0 aromatic heterocycles. The molecule has 0 aliphatic rings. The Balaban J connectivity index is 2.31. The molecule has 0 aliphatic carbocycles. The molecule has 0 N–H and O–H groups in total. The summed E-state index contributed by atoms with van der Waals surface area (Å²) in [4.78, 5) is 0. The predicted molar refractivity (Wildman–Crippen MR) is 54.6 cm³/mol. The second-order valence-corrected chi connectivity index (χ2v) is 2.76. The standard InChI is InChI=1S/C12H13FO/c1-2-3-4-5-9-14-12-8-6-7-11(13)10-12/h6-8,10H,2,5,9H2,1H3. The number of hydrogen-bond acceptors (Lipinski definition) is 1. The first kappa shape index (κ1) is 10.6. The monoisotopic (exact) mass is 192 g/mol. The fourth-order valence-electron chi connectivity index (χ4n) is 0.990. The third-order valence-electron chi connectivity index (χ3n) is 1.59. The largest absolute Gasteiger partial charge is 0.492 e. The molecule has 2 heteroatoms. The molecule has 0 fully saturated rings. The van der Waals surface area contributed by atoms with Gasteiger partial charge in [0.1, 0.15) is 11.6 Å². The van der Waals surface area contributed by atoms with Crippen LogP contribution in [0.25, 0.3) is 0 Å². The van der Waals surface area contributed by atoms with Crippen LogP contribution >= 0.6 is 0 Å². The van der Waals surface area contributed by atoms with Gasteiger partial charge in [-0.05, 0) is 12.1 Å². The van der Waals surface area contributed by atoms with Gasteiger partial charge in [0.15, 0.2) is 0 Å². The smallest absolute Gasteiger partial charge is 0.126 e. The van der Waals surface area contributed by atoms with Gasteiger partial charge < -0.3 is 4.74 Å². The number of halogens is 1. The molecule has 0 amide bonds. The van der Waals surface area contributed by atoms with Crippen LogP contribution in [-0.2, 0) is 0 Å². The highest BCUT2D eigenvalue weighted by Crippen LogP contribution is 2.11. The first-order chi connectivity index (χ1) is 6.83. The van der Waals surface area contributed by atoms with Crippen molar-refractivity contribution in [2.75, 3.05) is 6.61 Å². The third kappa shape index (κ3) is 3.95. The highest BCUT2D eigenvalue weighted by atomic mass is 19.1. The molecule has 0 spiro atoms. The lowest BCUT2D eigenvalue weighted by Crippen LogP contribution is -1.95. The molecule has 0 bridgehead atoms. The van der Waals surface area contributed by atoms with E-state index in [0.29, 0.717) is 18.8 Å². The van der Waals surface area contributed by atoms with E-state index in [2.05, 4.69) is 11.8 Å². The lowest BCUT2D eigenvalue weighted by molar-refractivity contribution is 0.325. The summed E-state index contributed by atoms with van der Waals surface area (Å²) in [7, 11) is 0. The average molecular weight is 192 g/mol. The maximum atomic E-state index is 12.7. The van der Waals surface area contributed by atoms with Crippen molar-refractivity contribution in [2.45, 2.75) is 19.8 Å². The van der Waals surface area contributed by atoms with Gasteiger partial charge in [-0.25, -0.2) is 4.39 Å². The molecule has 74 valence electrons. The van der Waals surface area contributed by atoms with Crippen LogP contribution in [0.15, 0.2) is 24.3 Å². The minimum atomic E-state index is -0.276. The van der Waals surface area contributed by atoms with Crippen molar-refractivity contribution in [1.29, 1.82) is 0 Å². The highest BCUT2D eigenvalue weighted by Gasteiger charge is 1.93. The Morgan fingerprint density at radius 1 is 1.36 bits per heavy atom. The Morgan fingerprint density at radius 3 is 2.93 bits per heavy atom. The summed E-state index contributed by atoms with van der Waals surface area (Å²) in [5.74, 6) is 6.18. The fourth-order valence-corrected chi connectivity index (χ4v) is 0.990. The molecular weight excluding hydrogens is 179 g/mol. The van der Waals surface area contributed by atoms with Crippen molar-refractivity contribution in [3.05, 3.63) is 30.1 Å². The minimum Gasteiger partial charge on any atom is -0.492 e. The molecule has 1 aromatic rings. The fraction of sp³-hybridized carbons (Fsp3) is 0.333. The summed E-state index contributed by atoms with van der Waals surface area (Å²) in [6.45, 7) is 2.51. The van der Waals surface area contributed by atoms with Crippen LogP contribution in [0.2, 0.25) is 0 Å². The van der Waals surface area contributed by atoms with Gasteiger partial charge in [-0.1, -0.05) is 18.9 Å². The molecule has 0 unspecified atom stereocenters. The summed E-state index contributed by atoms with van der Waals surface area (Å²) in [5.41, 5.74) is 0. The zero-order valence-electron chi connectivity index (χ0n) is 8.22. The van der Waals surface area contributed by atoms with Crippen LogP contribution in [0.3, 0.4) is 0 Å². The number of benzene rings is 1. The summed E-state index contributed by atoms with van der Waals surface area (Å²) >= 11 is 0. The summed E-state index contributed by atoms with van der Waals surface area (Å²) < 4.78 is 18.0. The normalized spacial score (nSPS) is 9.00. The lowest BCUT2D eigenvalue weighted by atomic mass is 10.3. The van der Waals surface area contributed by atoms with Crippen molar-refractivity contribution >= 4 is 0 Å². The molecule has 0 aliphatic heterocycles. The second kappa shape index (κ2) is 6.04. The number of hydrogen-bond donors (Lipinski definition) is 0. The van der Waals surface area contributed by atoms with Crippen LogP contribution in [0.1, 0.15) is 19.8 Å². The van der Waals surface area contributed by atoms with E-state index in [4.69, 9.17) is 4.74 Å². The van der Waals surface area contributed by atoms with E-state index in [-0.39, 0.29) is 5.82 Å². The van der Waals surface area contributed by atoms with Crippen LogP contribution in [-0.4, -0.2) is 6.61 Å². The van der Waals surface area contributed by atoms with E-state index in [1.165, 1.54) is 12.1 Å². The van der Waals surface area contributed by atoms with Gasteiger partial charge in [0, 0.05) is 18.9 Å². The molecule has 0 atom stereocenters. The van der Waals surface area contributed by atoms with E-state index >= 15 is 0 Å². The first-order valence-electron chi connectivity index (χ1n) is 4.67. The van der Waals surface area contributed by atoms with Crippen molar-refractivity contribution in [3.8, 4) is 17.6 Å². The Kier molecular flexibility index (Phi) is 4.57. The molecule has 0 heterocycles. The van der Waals surface area contributed by atoms with Crippen LogP contribution in [0.4, 0.5) is 4.39 Å². The van der Waals surface area contributed by atoms with Crippen molar-refractivity contribution in [3.63, 3.8) is 0 Å². The van der Waals surface area contributed by atoms with Crippen LogP contribution in [0, 0.1) is 17.7 Å². The maximum Gasteiger partial charge on any atom is 0.126 e. The SMILES string of the molecule is CCC#CCCOc1cccc(F)c1. The Hall–Kier alpha value is -1.49. The van der Waals surface area contributed by atoms with Crippen molar-refractivity contribution in [2.24, 2.45) is 0 Å². The summed E-state index contributed by atoms with van der Waals surface area (Å²) in [6.07, 6.45) is 1.55. The number of ether oxygens (including phenoxy) is 1. The molecule has 0 radical (unpaired) electrons. The van der Waals surface area contributed by atoms with E-state index in [9.17, 15) is 4.39 Å². The quantitative estimate of drug-likeness (QED) is 0.528. The van der Waals surface area contributed by atoms with Gasteiger partial charge >= 0.3 is 0 Å². The van der Waals surface area contributed by atoms with Gasteiger partial charge in [0.05, 0.1) is 6.61 Å². The lowest BCUT2D eigenvalue weighted by Gasteiger charge is -2.02. The van der Waals surface area contributed by atoms with Gasteiger partial charge in [0.25, 0.3) is 0 Å². The maximum absolute atomic E-state index is 12.7. The summed E-state index contributed by atoms with van der Waals surface area (Å²) in [5, 5.41) is 0. The van der Waals surface area contributed by atoms with Crippen molar-refractivity contribution < 1.29 is 9.13 Å². The average Bonchev–Trinajstić information content (AvgIpc) is 2.18. The number of rotatable bonds is 3. The van der Waals surface area contributed by atoms with E-state index in [1.807, 2.05) is 6.92 Å².